The molecule has 0 spiro atoms. The molecule has 1 atom stereocenters. The third-order valence-electron chi connectivity index (χ3n) is 8.54. The first-order chi connectivity index (χ1) is 19.3. The number of nitrogens with one attached hydrogen (secondary N) is 2. The van der Waals surface area contributed by atoms with Crippen molar-refractivity contribution in [1.29, 1.82) is 0 Å². The van der Waals surface area contributed by atoms with E-state index in [1.54, 1.807) is 0 Å². The smallest absolute Gasteiger partial charge is 0.147 e. The van der Waals surface area contributed by atoms with Crippen LogP contribution in [0.2, 0.25) is 0 Å². The van der Waals surface area contributed by atoms with Gasteiger partial charge in [0.05, 0.1) is 16.1 Å². The summed E-state index contributed by atoms with van der Waals surface area (Å²) in [5.74, 6) is 2.87. The van der Waals surface area contributed by atoms with Crippen LogP contribution in [-0.4, -0.2) is 16.0 Å². The van der Waals surface area contributed by atoms with Crippen LogP contribution in [0.1, 0.15) is 57.6 Å². The predicted octanol–water partition coefficient (Wildman–Crippen LogP) is 10.0. The topological polar surface area (TPSA) is 49.9 Å². The van der Waals surface area contributed by atoms with Crippen molar-refractivity contribution < 1.29 is 4.74 Å². The molecule has 5 heteroatoms. The van der Waals surface area contributed by atoms with Gasteiger partial charge >= 0.3 is 0 Å². The SMILES string of the molecule is Cc1c(NC(C)C(C)C)c2ccc(-c3cc4ccc5c(c4s3)OCc3[nH]c(C(C)C)nc3-5)cc2c2ccccc12. The van der Waals surface area contributed by atoms with Crippen molar-refractivity contribution in [3.05, 3.63) is 77.7 Å². The Labute approximate surface area is 239 Å². The summed E-state index contributed by atoms with van der Waals surface area (Å²) < 4.78 is 7.54. The van der Waals surface area contributed by atoms with Gasteiger partial charge in [-0.3, -0.25) is 0 Å². The predicted molar refractivity (Wildman–Crippen MR) is 171 cm³/mol. The standard InChI is InChI=1S/C35H35N3OS/c1-18(2)21(6)36-31-20(5)24-9-7-8-10-25(24)28-15-22(11-13-26(28)31)30-16-23-12-14-27-32-29(37-35(38-32)19(3)4)17-39-33(27)34(23)40-30/h7-16,18-19,21,36H,17H2,1-6H3,(H,37,38). The van der Waals surface area contributed by atoms with Crippen molar-refractivity contribution in [1.82, 2.24) is 9.97 Å². The minimum Gasteiger partial charge on any atom is -0.485 e. The average molecular weight is 546 g/mol. The van der Waals surface area contributed by atoms with Crippen LogP contribution in [0, 0.1) is 12.8 Å². The second-order valence-corrected chi connectivity index (χ2v) is 12.9. The summed E-state index contributed by atoms with van der Waals surface area (Å²) in [6, 6.07) is 22.8. The van der Waals surface area contributed by atoms with E-state index in [0.29, 0.717) is 24.5 Å². The summed E-state index contributed by atoms with van der Waals surface area (Å²) in [7, 11) is 0. The summed E-state index contributed by atoms with van der Waals surface area (Å²) in [6.07, 6.45) is 0. The van der Waals surface area contributed by atoms with Crippen molar-refractivity contribution >= 4 is 48.7 Å². The number of benzene rings is 4. The van der Waals surface area contributed by atoms with Gasteiger partial charge in [-0.2, -0.15) is 0 Å². The molecule has 3 heterocycles. The van der Waals surface area contributed by atoms with Crippen molar-refractivity contribution in [2.75, 3.05) is 5.32 Å². The lowest BCUT2D eigenvalue weighted by molar-refractivity contribution is 0.302. The van der Waals surface area contributed by atoms with E-state index in [0.717, 1.165) is 28.5 Å². The first kappa shape index (κ1) is 25.2. The Hall–Kier alpha value is -3.83. The van der Waals surface area contributed by atoms with Crippen LogP contribution in [0.15, 0.2) is 60.7 Å². The quantitative estimate of drug-likeness (QED) is 0.212. The van der Waals surface area contributed by atoms with Crippen LogP contribution < -0.4 is 10.1 Å². The number of imidazole rings is 1. The molecule has 0 saturated carbocycles. The molecule has 2 N–H and O–H groups in total. The number of aromatic amines is 1. The van der Waals surface area contributed by atoms with Gasteiger partial charge in [0.2, 0.25) is 0 Å². The van der Waals surface area contributed by atoms with E-state index in [1.807, 2.05) is 11.3 Å². The number of H-pyrrole nitrogens is 1. The van der Waals surface area contributed by atoms with Gasteiger partial charge in [0.1, 0.15) is 18.2 Å². The molecule has 0 fully saturated rings. The van der Waals surface area contributed by atoms with Crippen molar-refractivity contribution in [3.63, 3.8) is 0 Å². The molecule has 0 saturated heterocycles. The molecule has 1 aliphatic heterocycles. The number of thiophene rings is 1. The molecule has 0 aliphatic carbocycles. The van der Waals surface area contributed by atoms with Crippen molar-refractivity contribution in [2.45, 2.75) is 60.1 Å². The zero-order valence-electron chi connectivity index (χ0n) is 24.0. The summed E-state index contributed by atoms with van der Waals surface area (Å²) in [6.45, 7) is 13.9. The van der Waals surface area contributed by atoms with E-state index in [4.69, 9.17) is 9.72 Å². The van der Waals surface area contributed by atoms with E-state index in [-0.39, 0.29) is 0 Å². The second-order valence-electron chi connectivity index (χ2n) is 11.8. The van der Waals surface area contributed by atoms with Crippen LogP contribution in [-0.2, 0) is 6.61 Å². The van der Waals surface area contributed by atoms with Gasteiger partial charge in [-0.25, -0.2) is 4.98 Å². The Morgan fingerprint density at radius 2 is 1.70 bits per heavy atom. The third kappa shape index (κ3) is 3.90. The van der Waals surface area contributed by atoms with Gasteiger partial charge in [-0.15, -0.1) is 11.3 Å². The monoisotopic (exact) mass is 545 g/mol. The Bertz CT molecular complexity index is 1930. The van der Waals surface area contributed by atoms with E-state index >= 15 is 0 Å². The highest BCUT2D eigenvalue weighted by Crippen LogP contribution is 2.47. The molecule has 0 amide bonds. The maximum Gasteiger partial charge on any atom is 0.147 e. The first-order valence-corrected chi connectivity index (χ1v) is 15.1. The van der Waals surface area contributed by atoms with Crippen LogP contribution in [0.25, 0.3) is 53.3 Å². The highest BCUT2D eigenvalue weighted by Gasteiger charge is 2.25. The summed E-state index contributed by atoms with van der Waals surface area (Å²) in [4.78, 5) is 9.66. The third-order valence-corrected chi connectivity index (χ3v) is 9.74. The van der Waals surface area contributed by atoms with Gasteiger partial charge in [0, 0.05) is 33.5 Å². The number of nitrogens with zero attached hydrogens (tertiary/aromatic N) is 1. The average Bonchev–Trinajstić information content (AvgIpc) is 3.60. The Kier molecular flexibility index (Phi) is 5.90. The van der Waals surface area contributed by atoms with Gasteiger partial charge < -0.3 is 15.0 Å². The Morgan fingerprint density at radius 1 is 0.900 bits per heavy atom. The number of anilines is 1. The summed E-state index contributed by atoms with van der Waals surface area (Å²) >= 11 is 1.81. The van der Waals surface area contributed by atoms with Crippen LogP contribution in [0.4, 0.5) is 5.69 Å². The number of ether oxygens (including phenoxy) is 1. The molecule has 4 nitrogen and oxygen atoms in total. The van der Waals surface area contributed by atoms with E-state index in [2.05, 4.69) is 113 Å². The molecule has 4 aromatic carbocycles. The fourth-order valence-corrected chi connectivity index (χ4v) is 6.98. The largest absolute Gasteiger partial charge is 0.485 e. The van der Waals surface area contributed by atoms with Gasteiger partial charge in [-0.1, -0.05) is 70.2 Å². The molecule has 2 aromatic heterocycles. The lowest BCUT2D eigenvalue weighted by Crippen LogP contribution is -2.22. The number of fused-ring (bicyclic) bond motifs is 8. The molecule has 40 heavy (non-hydrogen) atoms. The minimum atomic E-state index is 0.350. The highest BCUT2D eigenvalue weighted by atomic mass is 32.1. The van der Waals surface area contributed by atoms with E-state index in [9.17, 15) is 0 Å². The lowest BCUT2D eigenvalue weighted by Gasteiger charge is -2.23. The molecule has 0 bridgehead atoms. The van der Waals surface area contributed by atoms with Crippen molar-refractivity contribution in [2.24, 2.45) is 5.92 Å². The van der Waals surface area contributed by atoms with Crippen molar-refractivity contribution in [3.8, 4) is 27.4 Å². The molecule has 6 aromatic rings. The number of aryl methyl sites for hydroxylation is 1. The lowest BCUT2D eigenvalue weighted by atomic mass is 9.93. The zero-order chi connectivity index (χ0) is 27.7. The summed E-state index contributed by atoms with van der Waals surface area (Å²) in [5.41, 5.74) is 6.98. The Balaban J connectivity index is 1.38. The molecule has 7 rings (SSSR count). The molecular formula is C35H35N3OS. The Morgan fingerprint density at radius 3 is 2.48 bits per heavy atom. The first-order valence-electron chi connectivity index (χ1n) is 14.3. The minimum absolute atomic E-state index is 0.350. The molecule has 202 valence electrons. The van der Waals surface area contributed by atoms with Crippen LogP contribution >= 0.6 is 11.3 Å². The zero-order valence-corrected chi connectivity index (χ0v) is 24.8. The van der Waals surface area contributed by atoms with E-state index in [1.165, 1.54) is 53.3 Å². The van der Waals surface area contributed by atoms with E-state index < -0.39 is 0 Å². The highest BCUT2D eigenvalue weighted by molar-refractivity contribution is 7.22. The van der Waals surface area contributed by atoms with Gasteiger partial charge in [-0.05, 0) is 70.6 Å². The summed E-state index contributed by atoms with van der Waals surface area (Å²) in [5, 5.41) is 10.2. The van der Waals surface area contributed by atoms with Gasteiger partial charge in [0.25, 0.3) is 0 Å². The second kappa shape index (κ2) is 9.38. The number of hydrogen-bond donors (Lipinski definition) is 2. The number of aromatic nitrogens is 2. The molecule has 0 radical (unpaired) electrons. The number of hydrogen-bond acceptors (Lipinski definition) is 4. The molecular weight excluding hydrogens is 510 g/mol. The van der Waals surface area contributed by atoms with Gasteiger partial charge in [0.15, 0.2) is 0 Å². The maximum atomic E-state index is 6.35. The van der Waals surface area contributed by atoms with Crippen LogP contribution in [0.3, 0.4) is 0 Å². The molecule has 1 aliphatic rings. The van der Waals surface area contributed by atoms with Crippen LogP contribution in [0.5, 0.6) is 5.75 Å². The normalized spacial score (nSPS) is 13.7. The fraction of sp³-hybridized carbons (Fsp3) is 0.286. The fourth-order valence-electron chi connectivity index (χ4n) is 5.82. The number of rotatable bonds is 5. The maximum absolute atomic E-state index is 6.35. The molecule has 1 unspecified atom stereocenters.